The smallest absolute Gasteiger partial charge is 0.330 e. The minimum Gasteiger partial charge on any atom is -0.504 e. The topological polar surface area (TPSA) is 196 Å². The van der Waals surface area contributed by atoms with Gasteiger partial charge in [-0.3, -0.25) is 0 Å². The van der Waals surface area contributed by atoms with Crippen LogP contribution in [0.25, 0.3) is 6.08 Å². The molecule has 1 aromatic carbocycles. The number of methoxy groups -OCH3 is 1. The lowest BCUT2D eigenvalue weighted by atomic mass is 9.99. The number of carbonyl (C=O) groups is 1. The lowest BCUT2D eigenvalue weighted by Crippen LogP contribution is -2.60. The van der Waals surface area contributed by atoms with Crippen LogP contribution in [0.4, 0.5) is 0 Å². The largest absolute Gasteiger partial charge is 0.504 e. The van der Waals surface area contributed by atoms with Crippen molar-refractivity contribution in [3.63, 3.8) is 0 Å². The average molecular weight is 474 g/mol. The summed E-state index contributed by atoms with van der Waals surface area (Å²) in [5.41, 5.74) is -1.33. The second-order valence-corrected chi connectivity index (χ2v) is 7.77. The SMILES string of the molecule is COc1cc(/C=C/C(=O)OC[C@H]2O[C@@H](OC[C@H](O)[C@@](C)(O)CO)[C@H](O)[C@@H](O)[C@@H]2O)ccc1O. The van der Waals surface area contributed by atoms with E-state index in [0.29, 0.717) is 5.56 Å². The van der Waals surface area contributed by atoms with Crippen molar-refractivity contribution >= 4 is 12.0 Å². The Labute approximate surface area is 189 Å². The molecule has 33 heavy (non-hydrogen) atoms. The molecule has 1 fully saturated rings. The van der Waals surface area contributed by atoms with Crippen LogP contribution in [0.2, 0.25) is 0 Å². The van der Waals surface area contributed by atoms with E-state index in [1.54, 1.807) is 0 Å². The number of benzene rings is 1. The molecule has 7 atom stereocenters. The van der Waals surface area contributed by atoms with Crippen molar-refractivity contribution in [2.45, 2.75) is 49.3 Å². The number of rotatable bonds is 10. The molecule has 12 nitrogen and oxygen atoms in total. The van der Waals surface area contributed by atoms with Crippen LogP contribution in [0.15, 0.2) is 24.3 Å². The van der Waals surface area contributed by atoms with Gasteiger partial charge in [-0.25, -0.2) is 4.79 Å². The maximum absolute atomic E-state index is 12.0. The predicted octanol–water partition coefficient (Wildman–Crippen LogP) is -2.11. The van der Waals surface area contributed by atoms with Crippen molar-refractivity contribution in [2.24, 2.45) is 0 Å². The Morgan fingerprint density at radius 3 is 2.58 bits per heavy atom. The summed E-state index contributed by atoms with van der Waals surface area (Å²) in [6, 6.07) is 4.42. The molecule has 0 radical (unpaired) electrons. The molecule has 1 heterocycles. The van der Waals surface area contributed by atoms with E-state index in [1.807, 2.05) is 0 Å². The van der Waals surface area contributed by atoms with Gasteiger partial charge in [-0.2, -0.15) is 0 Å². The summed E-state index contributed by atoms with van der Waals surface area (Å²) < 4.78 is 20.5. The molecule has 0 saturated carbocycles. The van der Waals surface area contributed by atoms with Crippen molar-refractivity contribution in [2.75, 3.05) is 26.9 Å². The van der Waals surface area contributed by atoms with Gasteiger partial charge in [-0.15, -0.1) is 0 Å². The second-order valence-electron chi connectivity index (χ2n) is 7.77. The molecule has 0 amide bonds. The third-order valence-electron chi connectivity index (χ3n) is 5.13. The summed E-state index contributed by atoms with van der Waals surface area (Å²) in [6.45, 7) is -0.648. The molecule has 1 aliphatic heterocycles. The highest BCUT2D eigenvalue weighted by Gasteiger charge is 2.45. The number of aliphatic hydroxyl groups is 6. The summed E-state index contributed by atoms with van der Waals surface area (Å²) in [4.78, 5) is 12.0. The average Bonchev–Trinajstić information content (AvgIpc) is 2.80. The zero-order chi connectivity index (χ0) is 24.8. The Balaban J connectivity index is 1.93. The number of hydrogen-bond donors (Lipinski definition) is 7. The molecular weight excluding hydrogens is 444 g/mol. The quantitative estimate of drug-likeness (QED) is 0.144. The molecular formula is C21H30O12. The van der Waals surface area contributed by atoms with Gasteiger partial charge in [0.1, 0.15) is 42.7 Å². The Hall–Kier alpha value is -2.29. The van der Waals surface area contributed by atoms with Crippen molar-refractivity contribution in [3.8, 4) is 11.5 Å². The van der Waals surface area contributed by atoms with E-state index in [2.05, 4.69) is 0 Å². The van der Waals surface area contributed by atoms with Gasteiger partial charge in [0.2, 0.25) is 0 Å². The molecule has 0 unspecified atom stereocenters. The summed E-state index contributed by atoms with van der Waals surface area (Å²) in [5.74, 6) is -0.649. The molecule has 1 aromatic rings. The normalized spacial score (nSPS) is 28.3. The van der Waals surface area contributed by atoms with Crippen LogP contribution in [-0.4, -0.2) is 111 Å². The van der Waals surface area contributed by atoms with Crippen LogP contribution in [0, 0.1) is 0 Å². The van der Waals surface area contributed by atoms with Crippen molar-refractivity contribution in [1.82, 2.24) is 0 Å². The monoisotopic (exact) mass is 474 g/mol. The van der Waals surface area contributed by atoms with Gasteiger partial charge in [0.15, 0.2) is 17.8 Å². The highest BCUT2D eigenvalue weighted by Crippen LogP contribution is 2.27. The number of esters is 1. The maximum Gasteiger partial charge on any atom is 0.330 e. The lowest BCUT2D eigenvalue weighted by Gasteiger charge is -2.40. The zero-order valence-electron chi connectivity index (χ0n) is 18.1. The minimum absolute atomic E-state index is 0.0642. The predicted molar refractivity (Wildman–Crippen MR) is 111 cm³/mol. The number of hydrogen-bond acceptors (Lipinski definition) is 12. The number of aromatic hydroxyl groups is 1. The molecule has 0 spiro atoms. The number of ether oxygens (including phenoxy) is 4. The van der Waals surface area contributed by atoms with Crippen LogP contribution < -0.4 is 4.74 Å². The van der Waals surface area contributed by atoms with E-state index in [1.165, 1.54) is 38.3 Å². The molecule has 12 heteroatoms. The maximum atomic E-state index is 12.0. The summed E-state index contributed by atoms with van der Waals surface area (Å²) >= 11 is 0. The molecule has 1 aliphatic rings. The van der Waals surface area contributed by atoms with E-state index in [4.69, 9.17) is 24.1 Å². The first-order chi connectivity index (χ1) is 15.5. The molecule has 7 N–H and O–H groups in total. The Kier molecular flexibility index (Phi) is 9.57. The van der Waals surface area contributed by atoms with E-state index >= 15 is 0 Å². The molecule has 1 saturated heterocycles. The van der Waals surface area contributed by atoms with Gasteiger partial charge in [0, 0.05) is 6.08 Å². The van der Waals surface area contributed by atoms with Gasteiger partial charge in [0.25, 0.3) is 0 Å². The number of aliphatic hydroxyl groups excluding tert-OH is 5. The fraction of sp³-hybridized carbons (Fsp3) is 0.571. The first-order valence-electron chi connectivity index (χ1n) is 10.0. The van der Waals surface area contributed by atoms with E-state index in [9.17, 15) is 35.4 Å². The standard InChI is InChI=1S/C21H30O12/c1-21(29,10-22)15(24)9-32-20-19(28)18(27)17(26)14(33-20)8-31-16(25)6-4-11-3-5-12(23)13(7-11)30-2/h3-7,14-15,17-20,22-24,26-29H,8-10H2,1-2H3/b6-4+/t14-,15+,17-,18+,19-,20-,21+/m1/s1. The van der Waals surface area contributed by atoms with Crippen LogP contribution in [0.1, 0.15) is 12.5 Å². The molecule has 0 bridgehead atoms. The summed E-state index contributed by atoms with van der Waals surface area (Å²) in [7, 11) is 1.38. The fourth-order valence-corrected chi connectivity index (χ4v) is 2.84. The van der Waals surface area contributed by atoms with Gasteiger partial charge in [-0.1, -0.05) is 6.07 Å². The Morgan fingerprint density at radius 1 is 1.24 bits per heavy atom. The first kappa shape index (κ1) is 27.0. The van der Waals surface area contributed by atoms with E-state index < -0.39 is 68.2 Å². The minimum atomic E-state index is -1.87. The van der Waals surface area contributed by atoms with Gasteiger partial charge in [-0.05, 0) is 30.7 Å². The number of carbonyl (C=O) groups excluding carboxylic acids is 1. The van der Waals surface area contributed by atoms with Crippen molar-refractivity contribution in [3.05, 3.63) is 29.8 Å². The van der Waals surface area contributed by atoms with Gasteiger partial charge < -0.3 is 54.7 Å². The molecule has 0 aliphatic carbocycles. The third kappa shape index (κ3) is 7.09. The van der Waals surface area contributed by atoms with Crippen LogP contribution >= 0.6 is 0 Å². The number of phenols is 1. The zero-order valence-corrected chi connectivity index (χ0v) is 18.1. The molecule has 2 rings (SSSR count). The summed E-state index contributed by atoms with van der Waals surface area (Å²) in [6.07, 6.45) is -6.84. The highest BCUT2D eigenvalue weighted by atomic mass is 16.7. The van der Waals surface area contributed by atoms with E-state index in [0.717, 1.165) is 6.08 Å². The first-order valence-corrected chi connectivity index (χ1v) is 10.0. The Bertz CT molecular complexity index is 810. The Morgan fingerprint density at radius 2 is 1.94 bits per heavy atom. The molecule has 0 aromatic heterocycles. The van der Waals surface area contributed by atoms with Crippen LogP contribution in [0.3, 0.4) is 0 Å². The van der Waals surface area contributed by atoms with Crippen molar-refractivity contribution in [1.29, 1.82) is 0 Å². The van der Waals surface area contributed by atoms with Crippen LogP contribution in [0.5, 0.6) is 11.5 Å². The van der Waals surface area contributed by atoms with Crippen LogP contribution in [-0.2, 0) is 19.0 Å². The fourth-order valence-electron chi connectivity index (χ4n) is 2.84. The van der Waals surface area contributed by atoms with Gasteiger partial charge >= 0.3 is 5.97 Å². The number of phenolic OH excluding ortho intramolecular Hbond substituents is 1. The van der Waals surface area contributed by atoms with E-state index in [-0.39, 0.29) is 11.5 Å². The summed E-state index contributed by atoms with van der Waals surface area (Å²) in [5, 5.41) is 68.5. The highest BCUT2D eigenvalue weighted by molar-refractivity contribution is 5.87. The second kappa shape index (κ2) is 11.7. The molecule has 186 valence electrons. The third-order valence-corrected chi connectivity index (χ3v) is 5.13. The van der Waals surface area contributed by atoms with Crippen molar-refractivity contribution < 1.29 is 59.5 Å². The van der Waals surface area contributed by atoms with Gasteiger partial charge in [0.05, 0.1) is 20.3 Å². The lowest BCUT2D eigenvalue weighted by molar-refractivity contribution is -0.308.